The average Bonchev–Trinajstić information content (AvgIpc) is 3.03. The van der Waals surface area contributed by atoms with Gasteiger partial charge in [-0.25, -0.2) is 0 Å². The summed E-state index contributed by atoms with van der Waals surface area (Å²) in [6.07, 6.45) is 1.46. The quantitative estimate of drug-likeness (QED) is 0.626. The summed E-state index contributed by atoms with van der Waals surface area (Å²) < 4.78 is 5.88. The largest absolute Gasteiger partial charge is 0.468 e. The van der Waals surface area contributed by atoms with E-state index in [9.17, 15) is 9.59 Å². The van der Waals surface area contributed by atoms with Gasteiger partial charge in [-0.1, -0.05) is 46.3 Å². The third-order valence-corrected chi connectivity index (χ3v) is 6.66. The van der Waals surface area contributed by atoms with Crippen LogP contribution in [-0.4, -0.2) is 60.6 Å². The fraction of sp³-hybridized carbons (Fsp3) is 0.391. The zero-order valence-electron chi connectivity index (χ0n) is 17.1. The number of methoxy groups -OCH3 is 1. The highest BCUT2D eigenvalue weighted by atomic mass is 79.9. The van der Waals surface area contributed by atoms with Gasteiger partial charge < -0.3 is 14.5 Å². The molecule has 1 amide bonds. The number of halogens is 1. The Morgan fingerprint density at radius 3 is 2.37 bits per heavy atom. The molecule has 0 saturated carbocycles. The summed E-state index contributed by atoms with van der Waals surface area (Å²) >= 11 is 3.48. The number of amides is 1. The smallest absolute Gasteiger partial charge is 0.325 e. The first-order valence-electron chi connectivity index (χ1n) is 10.2. The maximum Gasteiger partial charge on any atom is 0.325 e. The van der Waals surface area contributed by atoms with Crippen LogP contribution in [0.15, 0.2) is 59.1 Å². The van der Waals surface area contributed by atoms with Gasteiger partial charge in [-0.05, 0) is 42.7 Å². The minimum atomic E-state index is -0.606. The standard InChI is InChI=1S/C23H26BrN3O3/c1-30-21(28)16-26-17-27(20-5-3-2-4-6-20)23(22(26)29)11-13-25(14-12-23)15-18-7-9-19(24)10-8-18/h2-10H,11-17H2,1H3. The number of hydrogen-bond donors (Lipinski definition) is 0. The van der Waals surface area contributed by atoms with Crippen molar-refractivity contribution < 1.29 is 14.3 Å². The molecule has 0 radical (unpaired) electrons. The second kappa shape index (κ2) is 8.78. The van der Waals surface area contributed by atoms with Gasteiger partial charge in [-0.2, -0.15) is 0 Å². The van der Waals surface area contributed by atoms with Crippen LogP contribution in [0.3, 0.4) is 0 Å². The number of piperidine rings is 1. The van der Waals surface area contributed by atoms with Crippen LogP contribution < -0.4 is 4.90 Å². The molecule has 0 unspecified atom stereocenters. The topological polar surface area (TPSA) is 53.1 Å². The fourth-order valence-electron chi connectivity index (χ4n) is 4.47. The summed E-state index contributed by atoms with van der Waals surface area (Å²) in [5.74, 6) is -0.360. The summed E-state index contributed by atoms with van der Waals surface area (Å²) in [6.45, 7) is 2.93. The van der Waals surface area contributed by atoms with Crippen LogP contribution in [0, 0.1) is 0 Å². The second-order valence-corrected chi connectivity index (χ2v) is 8.83. The first-order chi connectivity index (χ1) is 14.5. The van der Waals surface area contributed by atoms with Crippen LogP contribution in [0.4, 0.5) is 5.69 Å². The van der Waals surface area contributed by atoms with Gasteiger partial charge in [0.25, 0.3) is 5.91 Å². The Kier molecular flexibility index (Phi) is 6.11. The summed E-state index contributed by atoms with van der Waals surface area (Å²) in [6, 6.07) is 18.4. The normalized spacial score (nSPS) is 18.8. The Morgan fingerprint density at radius 2 is 1.73 bits per heavy atom. The molecule has 1 spiro atoms. The number of carbonyl (C=O) groups is 2. The van der Waals surface area contributed by atoms with Crippen molar-refractivity contribution in [1.82, 2.24) is 9.80 Å². The molecule has 6 nitrogen and oxygen atoms in total. The van der Waals surface area contributed by atoms with Crippen molar-refractivity contribution in [2.24, 2.45) is 0 Å². The Labute approximate surface area is 185 Å². The molecule has 2 aromatic carbocycles. The number of nitrogens with zero attached hydrogens (tertiary/aromatic N) is 3. The predicted octanol–water partition coefficient (Wildman–Crippen LogP) is 3.26. The molecule has 0 aromatic heterocycles. The van der Waals surface area contributed by atoms with Gasteiger partial charge in [0.1, 0.15) is 12.1 Å². The van der Waals surface area contributed by atoms with Crippen molar-refractivity contribution in [2.45, 2.75) is 24.9 Å². The van der Waals surface area contributed by atoms with E-state index in [-0.39, 0.29) is 18.4 Å². The molecule has 0 aliphatic carbocycles. The molecule has 0 N–H and O–H groups in total. The van der Waals surface area contributed by atoms with Crippen LogP contribution in [-0.2, 0) is 20.9 Å². The van der Waals surface area contributed by atoms with E-state index in [1.54, 1.807) is 4.90 Å². The van der Waals surface area contributed by atoms with E-state index in [0.29, 0.717) is 6.67 Å². The van der Waals surface area contributed by atoms with E-state index >= 15 is 0 Å². The summed E-state index contributed by atoms with van der Waals surface area (Å²) in [5, 5.41) is 0. The van der Waals surface area contributed by atoms with E-state index < -0.39 is 5.54 Å². The van der Waals surface area contributed by atoms with Gasteiger partial charge in [0.05, 0.1) is 13.8 Å². The molecule has 30 heavy (non-hydrogen) atoms. The fourth-order valence-corrected chi connectivity index (χ4v) is 4.74. The molecule has 2 saturated heterocycles. The Bertz CT molecular complexity index is 896. The van der Waals surface area contributed by atoms with Crippen molar-refractivity contribution in [3.8, 4) is 0 Å². The number of para-hydroxylation sites is 1. The number of hydrogen-bond acceptors (Lipinski definition) is 5. The molecule has 0 bridgehead atoms. The van der Waals surface area contributed by atoms with Crippen LogP contribution in [0.25, 0.3) is 0 Å². The highest BCUT2D eigenvalue weighted by Crippen LogP contribution is 2.39. The van der Waals surface area contributed by atoms with Crippen LogP contribution >= 0.6 is 15.9 Å². The lowest BCUT2D eigenvalue weighted by Gasteiger charge is -2.43. The van der Waals surface area contributed by atoms with Crippen LogP contribution in [0.1, 0.15) is 18.4 Å². The molecular formula is C23H26BrN3O3. The highest BCUT2D eigenvalue weighted by molar-refractivity contribution is 9.10. The summed E-state index contributed by atoms with van der Waals surface area (Å²) in [5.41, 5.74) is 1.67. The zero-order valence-corrected chi connectivity index (χ0v) is 18.7. The average molecular weight is 472 g/mol. The summed E-state index contributed by atoms with van der Waals surface area (Å²) in [7, 11) is 1.36. The van der Waals surface area contributed by atoms with E-state index in [1.807, 2.05) is 30.3 Å². The molecule has 2 aromatic rings. The van der Waals surface area contributed by atoms with E-state index in [4.69, 9.17) is 4.74 Å². The minimum Gasteiger partial charge on any atom is -0.468 e. The van der Waals surface area contributed by atoms with Gasteiger partial charge in [0.2, 0.25) is 0 Å². The number of esters is 1. The second-order valence-electron chi connectivity index (χ2n) is 7.92. The van der Waals surface area contributed by atoms with Gasteiger partial charge >= 0.3 is 5.97 Å². The van der Waals surface area contributed by atoms with Gasteiger partial charge in [-0.15, -0.1) is 0 Å². The van der Waals surface area contributed by atoms with Crippen molar-refractivity contribution >= 4 is 33.5 Å². The first-order valence-corrected chi connectivity index (χ1v) is 11.0. The van der Waals surface area contributed by atoms with Crippen molar-refractivity contribution in [2.75, 3.05) is 38.3 Å². The maximum atomic E-state index is 13.5. The van der Waals surface area contributed by atoms with Crippen LogP contribution in [0.2, 0.25) is 0 Å². The number of carbonyl (C=O) groups excluding carboxylic acids is 2. The van der Waals surface area contributed by atoms with Gasteiger partial charge in [-0.3, -0.25) is 14.5 Å². The molecule has 2 heterocycles. The van der Waals surface area contributed by atoms with E-state index in [0.717, 1.165) is 42.6 Å². The maximum absolute atomic E-state index is 13.5. The predicted molar refractivity (Wildman–Crippen MR) is 119 cm³/mol. The van der Waals surface area contributed by atoms with Crippen molar-refractivity contribution in [3.05, 3.63) is 64.6 Å². The first kappa shape index (κ1) is 20.9. The Balaban J connectivity index is 1.52. The molecule has 2 aliphatic heterocycles. The molecule has 0 atom stereocenters. The van der Waals surface area contributed by atoms with Gasteiger partial charge in [0, 0.05) is 29.8 Å². The third-order valence-electron chi connectivity index (χ3n) is 6.13. The molecular weight excluding hydrogens is 446 g/mol. The lowest BCUT2D eigenvalue weighted by atomic mass is 9.85. The molecule has 7 heteroatoms. The van der Waals surface area contributed by atoms with E-state index in [2.05, 4.69) is 50.0 Å². The zero-order chi connectivity index (χ0) is 21.1. The number of likely N-dealkylation sites (tertiary alicyclic amines) is 1. The van der Waals surface area contributed by atoms with Gasteiger partial charge in [0.15, 0.2) is 0 Å². The highest BCUT2D eigenvalue weighted by Gasteiger charge is 2.54. The molecule has 2 aliphatic rings. The van der Waals surface area contributed by atoms with E-state index in [1.165, 1.54) is 12.7 Å². The minimum absolute atomic E-state index is 0.0109. The number of benzene rings is 2. The Hall–Kier alpha value is -2.38. The van der Waals surface area contributed by atoms with Crippen LogP contribution in [0.5, 0.6) is 0 Å². The summed E-state index contributed by atoms with van der Waals surface area (Å²) in [4.78, 5) is 31.5. The monoisotopic (exact) mass is 471 g/mol. The number of rotatable bonds is 5. The Morgan fingerprint density at radius 1 is 1.07 bits per heavy atom. The number of anilines is 1. The SMILES string of the molecule is COC(=O)CN1CN(c2ccccc2)C2(CCN(Cc3ccc(Br)cc3)CC2)C1=O. The lowest BCUT2D eigenvalue weighted by Crippen LogP contribution is -2.56. The molecule has 4 rings (SSSR count). The van der Waals surface area contributed by atoms with Crippen molar-refractivity contribution in [1.29, 1.82) is 0 Å². The van der Waals surface area contributed by atoms with Crippen molar-refractivity contribution in [3.63, 3.8) is 0 Å². The lowest BCUT2D eigenvalue weighted by molar-refractivity contribution is -0.146. The third kappa shape index (κ3) is 4.09. The number of ether oxygens (including phenoxy) is 1. The molecule has 2 fully saturated rings. The molecule has 158 valence electrons.